The summed E-state index contributed by atoms with van der Waals surface area (Å²) in [6.45, 7) is 2.84. The van der Waals surface area contributed by atoms with Gasteiger partial charge in [-0.2, -0.15) is 0 Å². The number of allylic oxidation sites excluding steroid dienone is 2. The Balaban J connectivity index is 1.73. The van der Waals surface area contributed by atoms with Gasteiger partial charge in [-0.05, 0) is 31.6 Å². The second-order valence-corrected chi connectivity index (χ2v) is 7.01. The molecule has 0 aromatic carbocycles. The van der Waals surface area contributed by atoms with E-state index in [4.69, 9.17) is 14.2 Å². The van der Waals surface area contributed by atoms with Gasteiger partial charge in [-0.15, -0.1) is 0 Å². The molecular formula is C17H22O5. The van der Waals surface area contributed by atoms with Crippen LogP contribution in [0.5, 0.6) is 0 Å². The van der Waals surface area contributed by atoms with Gasteiger partial charge in [-0.1, -0.05) is 12.2 Å². The van der Waals surface area contributed by atoms with Crippen molar-refractivity contribution in [1.29, 1.82) is 0 Å². The fourth-order valence-corrected chi connectivity index (χ4v) is 4.69. The predicted molar refractivity (Wildman–Crippen MR) is 76.8 cm³/mol. The van der Waals surface area contributed by atoms with Gasteiger partial charge >= 0.3 is 5.97 Å². The molecule has 2 aliphatic heterocycles. The van der Waals surface area contributed by atoms with E-state index in [1.807, 2.05) is 6.92 Å². The highest BCUT2D eigenvalue weighted by atomic mass is 16.7. The summed E-state index contributed by atoms with van der Waals surface area (Å²) in [6.07, 6.45) is 6.23. The van der Waals surface area contributed by atoms with Gasteiger partial charge in [-0.3, -0.25) is 9.59 Å². The first-order valence-electron chi connectivity index (χ1n) is 8.27. The van der Waals surface area contributed by atoms with Gasteiger partial charge < -0.3 is 14.2 Å². The van der Waals surface area contributed by atoms with Crippen molar-refractivity contribution in [3.8, 4) is 0 Å². The highest BCUT2D eigenvalue weighted by Gasteiger charge is 2.61. The van der Waals surface area contributed by atoms with Gasteiger partial charge in [0.05, 0.1) is 31.7 Å². The molecule has 120 valence electrons. The number of carbonyl (C=O) groups excluding carboxylic acids is 2. The maximum Gasteiger partial charge on any atom is 0.310 e. The largest absolute Gasteiger partial charge is 0.462 e. The lowest BCUT2D eigenvalue weighted by atomic mass is 9.75. The maximum atomic E-state index is 12.7. The standard InChI is InChI=1S/C17H22O5/c1-10-2-5-13(18)9-17(20-6-7-21-17)15-12-4-3-11(8-12)14(15)16(19)22-10/h3-4,10-12,14-15H,2,5-9H2,1H3. The Hall–Kier alpha value is -1.20. The number of cyclic esters (lactones) is 1. The molecule has 1 spiro atoms. The molecule has 5 atom stereocenters. The van der Waals surface area contributed by atoms with Gasteiger partial charge in [0.1, 0.15) is 5.78 Å². The Kier molecular flexibility index (Phi) is 3.38. The van der Waals surface area contributed by atoms with E-state index in [0.717, 1.165) is 6.42 Å². The molecular weight excluding hydrogens is 284 g/mol. The summed E-state index contributed by atoms with van der Waals surface area (Å²) in [6, 6.07) is 0. The van der Waals surface area contributed by atoms with Crippen LogP contribution in [-0.4, -0.2) is 36.9 Å². The number of Topliss-reactive ketones (excluding diaryl/α,β-unsaturated/α-hetero) is 1. The van der Waals surface area contributed by atoms with Crippen LogP contribution >= 0.6 is 0 Å². The van der Waals surface area contributed by atoms with E-state index in [2.05, 4.69) is 12.2 Å². The molecule has 4 rings (SSSR count). The normalized spacial score (nSPS) is 43.4. The molecule has 2 saturated heterocycles. The van der Waals surface area contributed by atoms with Crippen molar-refractivity contribution in [2.75, 3.05) is 13.2 Å². The molecule has 0 amide bonds. The molecule has 0 aromatic rings. The van der Waals surface area contributed by atoms with Crippen molar-refractivity contribution in [2.24, 2.45) is 23.7 Å². The van der Waals surface area contributed by atoms with Crippen molar-refractivity contribution < 1.29 is 23.8 Å². The Morgan fingerprint density at radius 1 is 1.14 bits per heavy atom. The van der Waals surface area contributed by atoms with Crippen LogP contribution in [0.2, 0.25) is 0 Å². The highest BCUT2D eigenvalue weighted by Crippen LogP contribution is 2.56. The molecule has 5 nitrogen and oxygen atoms in total. The summed E-state index contributed by atoms with van der Waals surface area (Å²) >= 11 is 0. The molecule has 0 N–H and O–H groups in total. The first kappa shape index (κ1) is 14.4. The fourth-order valence-electron chi connectivity index (χ4n) is 4.69. The first-order chi connectivity index (χ1) is 10.6. The molecule has 2 bridgehead atoms. The SMILES string of the molecule is CC1CCC(=O)CC2(OCCO2)C2C3C=CC(C3)C2C(=O)O1. The molecule has 22 heavy (non-hydrogen) atoms. The fraction of sp³-hybridized carbons (Fsp3) is 0.765. The zero-order chi connectivity index (χ0) is 15.3. The average Bonchev–Trinajstić information content (AvgIpc) is 3.19. The zero-order valence-corrected chi connectivity index (χ0v) is 12.8. The summed E-state index contributed by atoms with van der Waals surface area (Å²) in [5, 5.41) is 0. The minimum atomic E-state index is -0.925. The lowest BCUT2D eigenvalue weighted by molar-refractivity contribution is -0.221. The average molecular weight is 306 g/mol. The van der Waals surface area contributed by atoms with Gasteiger partial charge in [0, 0.05) is 12.3 Å². The third-order valence-corrected chi connectivity index (χ3v) is 5.61. The van der Waals surface area contributed by atoms with Crippen LogP contribution in [0, 0.1) is 23.7 Å². The number of hydrogen-bond donors (Lipinski definition) is 0. The van der Waals surface area contributed by atoms with Crippen molar-refractivity contribution >= 4 is 11.8 Å². The number of ether oxygens (including phenoxy) is 3. The van der Waals surface area contributed by atoms with E-state index in [-0.39, 0.29) is 47.9 Å². The van der Waals surface area contributed by atoms with Gasteiger partial charge in [0.2, 0.25) is 0 Å². The van der Waals surface area contributed by atoms with Crippen LogP contribution in [-0.2, 0) is 23.8 Å². The van der Waals surface area contributed by atoms with Crippen LogP contribution in [0.4, 0.5) is 0 Å². The zero-order valence-electron chi connectivity index (χ0n) is 12.8. The van der Waals surface area contributed by atoms with Crippen LogP contribution in [0.15, 0.2) is 12.2 Å². The lowest BCUT2D eigenvalue weighted by Crippen LogP contribution is -2.49. The van der Waals surface area contributed by atoms with Crippen molar-refractivity contribution in [2.45, 2.75) is 44.5 Å². The van der Waals surface area contributed by atoms with Gasteiger partial charge in [0.15, 0.2) is 5.79 Å². The number of hydrogen-bond acceptors (Lipinski definition) is 5. The number of carbonyl (C=O) groups is 2. The molecule has 5 unspecified atom stereocenters. The van der Waals surface area contributed by atoms with Crippen molar-refractivity contribution in [1.82, 2.24) is 0 Å². The Morgan fingerprint density at radius 2 is 1.86 bits per heavy atom. The molecule has 3 fully saturated rings. The molecule has 5 heteroatoms. The molecule has 1 saturated carbocycles. The van der Waals surface area contributed by atoms with E-state index < -0.39 is 5.79 Å². The van der Waals surface area contributed by atoms with E-state index in [0.29, 0.717) is 26.1 Å². The topological polar surface area (TPSA) is 61.8 Å². The summed E-state index contributed by atoms with van der Waals surface area (Å²) < 4.78 is 17.5. The van der Waals surface area contributed by atoms with E-state index in [9.17, 15) is 9.59 Å². The molecule has 2 heterocycles. The summed E-state index contributed by atoms with van der Waals surface area (Å²) in [7, 11) is 0. The third kappa shape index (κ3) is 2.14. The number of esters is 1. The van der Waals surface area contributed by atoms with E-state index >= 15 is 0 Å². The van der Waals surface area contributed by atoms with Crippen LogP contribution in [0.1, 0.15) is 32.6 Å². The Morgan fingerprint density at radius 3 is 2.64 bits per heavy atom. The smallest absolute Gasteiger partial charge is 0.310 e. The number of ketones is 1. The summed E-state index contributed by atoms with van der Waals surface area (Å²) in [5.41, 5.74) is 0. The minimum absolute atomic E-state index is 0.105. The lowest BCUT2D eigenvalue weighted by Gasteiger charge is -2.40. The predicted octanol–water partition coefficient (Wildman–Crippen LogP) is 1.85. The maximum absolute atomic E-state index is 12.7. The van der Waals surface area contributed by atoms with Crippen molar-refractivity contribution in [3.05, 3.63) is 12.2 Å². The second kappa shape index (κ2) is 5.17. The summed E-state index contributed by atoms with van der Waals surface area (Å²) in [5.74, 6) is -0.865. The van der Waals surface area contributed by atoms with Crippen LogP contribution in [0.3, 0.4) is 0 Å². The number of fused-ring (bicyclic) bond motifs is 6. The van der Waals surface area contributed by atoms with Crippen LogP contribution in [0.25, 0.3) is 0 Å². The molecule has 0 radical (unpaired) electrons. The Labute approximate surface area is 130 Å². The third-order valence-electron chi connectivity index (χ3n) is 5.61. The monoisotopic (exact) mass is 306 g/mol. The van der Waals surface area contributed by atoms with Crippen molar-refractivity contribution in [3.63, 3.8) is 0 Å². The number of rotatable bonds is 0. The highest BCUT2D eigenvalue weighted by molar-refractivity contribution is 5.80. The van der Waals surface area contributed by atoms with E-state index in [1.165, 1.54) is 0 Å². The molecule has 0 aromatic heterocycles. The first-order valence-corrected chi connectivity index (χ1v) is 8.27. The minimum Gasteiger partial charge on any atom is -0.462 e. The molecule has 2 aliphatic carbocycles. The summed E-state index contributed by atoms with van der Waals surface area (Å²) in [4.78, 5) is 25.0. The molecule has 4 aliphatic rings. The Bertz CT molecular complexity index is 519. The quantitative estimate of drug-likeness (QED) is 0.505. The van der Waals surface area contributed by atoms with Gasteiger partial charge in [0.25, 0.3) is 0 Å². The second-order valence-electron chi connectivity index (χ2n) is 7.01. The van der Waals surface area contributed by atoms with Crippen LogP contribution < -0.4 is 0 Å². The van der Waals surface area contributed by atoms with E-state index in [1.54, 1.807) is 0 Å². The van der Waals surface area contributed by atoms with Gasteiger partial charge in [-0.25, -0.2) is 0 Å².